The third-order valence-electron chi connectivity index (χ3n) is 1.46. The molecular weight excluding hydrogens is 203 g/mol. The largest absolute Gasteiger partial charge is 0.315 e. The van der Waals surface area contributed by atoms with E-state index < -0.39 is 17.5 Å². The molecule has 1 nitrogen and oxygen atoms in total. The number of benzene rings is 1. The van der Waals surface area contributed by atoms with Crippen LogP contribution in [-0.2, 0) is 6.54 Å². The van der Waals surface area contributed by atoms with Crippen LogP contribution in [0.1, 0.15) is 5.56 Å². The molecule has 5 heteroatoms. The number of hydrogen-bond donors (Lipinski definition) is 1. The molecule has 0 unspecified atom stereocenters. The Kier molecular flexibility index (Phi) is 4.80. The van der Waals surface area contributed by atoms with Gasteiger partial charge in [-0.15, -0.1) is 12.4 Å². The fourth-order valence-corrected chi connectivity index (χ4v) is 0.918. The Morgan fingerprint density at radius 3 is 2.00 bits per heavy atom. The average molecular weight is 212 g/mol. The summed E-state index contributed by atoms with van der Waals surface area (Å²) >= 11 is 0. The first-order valence-electron chi connectivity index (χ1n) is 3.43. The van der Waals surface area contributed by atoms with Crippen LogP contribution in [0.25, 0.3) is 0 Å². The molecule has 0 aliphatic heterocycles. The van der Waals surface area contributed by atoms with Crippen molar-refractivity contribution in [2.24, 2.45) is 0 Å². The predicted molar refractivity (Wildman–Crippen MR) is 46.3 cm³/mol. The summed E-state index contributed by atoms with van der Waals surface area (Å²) in [5.41, 5.74) is -0.140. The van der Waals surface area contributed by atoms with E-state index in [4.69, 9.17) is 0 Å². The molecule has 1 rings (SSSR count). The molecule has 0 saturated carbocycles. The minimum atomic E-state index is -0.898. The molecule has 0 amide bonds. The van der Waals surface area contributed by atoms with Crippen LogP contribution in [0.2, 0.25) is 0 Å². The Bertz CT molecular complexity index is 268. The predicted octanol–water partition coefficient (Wildman–Crippen LogP) is 2.25. The van der Waals surface area contributed by atoms with Crippen LogP contribution in [0.3, 0.4) is 0 Å². The minimum absolute atomic E-state index is 0. The minimum Gasteiger partial charge on any atom is -0.315 e. The SMILES string of the molecule is CNCc1c(F)cc(F)cc1F.Cl. The molecule has 0 heterocycles. The van der Waals surface area contributed by atoms with Gasteiger partial charge in [-0.25, -0.2) is 13.2 Å². The van der Waals surface area contributed by atoms with E-state index in [1.807, 2.05) is 0 Å². The van der Waals surface area contributed by atoms with E-state index in [-0.39, 0.29) is 24.5 Å². The molecule has 0 aliphatic carbocycles. The molecule has 0 radical (unpaired) electrons. The van der Waals surface area contributed by atoms with E-state index in [0.29, 0.717) is 12.1 Å². The van der Waals surface area contributed by atoms with E-state index >= 15 is 0 Å². The second-order valence-corrected chi connectivity index (χ2v) is 2.38. The first-order valence-corrected chi connectivity index (χ1v) is 3.43. The van der Waals surface area contributed by atoms with Crippen molar-refractivity contribution < 1.29 is 13.2 Å². The second-order valence-electron chi connectivity index (χ2n) is 2.38. The fraction of sp³-hybridized carbons (Fsp3) is 0.250. The van der Waals surface area contributed by atoms with Gasteiger partial charge in [0.1, 0.15) is 17.5 Å². The Morgan fingerprint density at radius 2 is 1.62 bits per heavy atom. The van der Waals surface area contributed by atoms with Crippen molar-refractivity contribution in [1.82, 2.24) is 5.32 Å². The Balaban J connectivity index is 0.00000144. The number of nitrogens with one attached hydrogen (secondary N) is 1. The van der Waals surface area contributed by atoms with Gasteiger partial charge in [-0.2, -0.15) is 0 Å². The summed E-state index contributed by atoms with van der Waals surface area (Å²) in [5, 5.41) is 2.58. The quantitative estimate of drug-likeness (QED) is 0.791. The monoisotopic (exact) mass is 211 g/mol. The summed E-state index contributed by atoms with van der Waals surface area (Å²) in [6, 6.07) is 1.32. The molecule has 0 fully saturated rings. The van der Waals surface area contributed by atoms with Gasteiger partial charge in [-0.05, 0) is 7.05 Å². The lowest BCUT2D eigenvalue weighted by atomic mass is 10.2. The number of rotatable bonds is 2. The maximum atomic E-state index is 12.8. The molecule has 13 heavy (non-hydrogen) atoms. The van der Waals surface area contributed by atoms with Crippen LogP contribution >= 0.6 is 12.4 Å². The van der Waals surface area contributed by atoms with Crippen molar-refractivity contribution in [2.45, 2.75) is 6.54 Å². The standard InChI is InChI=1S/C8H8F3N.ClH/c1-12-4-6-7(10)2-5(9)3-8(6)11;/h2-3,12H,4H2,1H3;1H. The zero-order valence-electron chi connectivity index (χ0n) is 6.90. The highest BCUT2D eigenvalue weighted by Crippen LogP contribution is 2.13. The van der Waals surface area contributed by atoms with Gasteiger partial charge in [0.15, 0.2) is 0 Å². The molecule has 0 bridgehead atoms. The number of halogens is 4. The lowest BCUT2D eigenvalue weighted by Crippen LogP contribution is -2.09. The highest BCUT2D eigenvalue weighted by Gasteiger charge is 2.09. The summed E-state index contributed by atoms with van der Waals surface area (Å²) in [7, 11) is 1.56. The van der Waals surface area contributed by atoms with Crippen molar-refractivity contribution in [3.05, 3.63) is 35.1 Å². The van der Waals surface area contributed by atoms with Gasteiger partial charge in [0.2, 0.25) is 0 Å². The van der Waals surface area contributed by atoms with Crippen LogP contribution in [0.5, 0.6) is 0 Å². The van der Waals surface area contributed by atoms with Gasteiger partial charge < -0.3 is 5.32 Å². The summed E-state index contributed by atoms with van der Waals surface area (Å²) in [5.74, 6) is -2.62. The Hall–Kier alpha value is -0.740. The van der Waals surface area contributed by atoms with Gasteiger partial charge in [0.25, 0.3) is 0 Å². The molecule has 0 atom stereocenters. The summed E-state index contributed by atoms with van der Waals surface area (Å²) in [6.07, 6.45) is 0. The molecule has 0 aromatic heterocycles. The molecule has 0 saturated heterocycles. The normalized spacial score (nSPS) is 9.54. The average Bonchev–Trinajstić information content (AvgIpc) is 1.96. The van der Waals surface area contributed by atoms with Crippen LogP contribution < -0.4 is 5.32 Å². The highest BCUT2D eigenvalue weighted by atomic mass is 35.5. The topological polar surface area (TPSA) is 12.0 Å². The molecular formula is C8H9ClF3N. The first kappa shape index (κ1) is 12.3. The molecule has 0 spiro atoms. The van der Waals surface area contributed by atoms with Crippen LogP contribution in [0.15, 0.2) is 12.1 Å². The van der Waals surface area contributed by atoms with Gasteiger partial charge in [0, 0.05) is 24.2 Å². The fourth-order valence-electron chi connectivity index (χ4n) is 0.918. The van der Waals surface area contributed by atoms with E-state index in [1.54, 1.807) is 7.05 Å². The van der Waals surface area contributed by atoms with E-state index in [1.165, 1.54) is 0 Å². The van der Waals surface area contributed by atoms with E-state index in [2.05, 4.69) is 5.32 Å². The Morgan fingerprint density at radius 1 is 1.15 bits per heavy atom. The summed E-state index contributed by atoms with van der Waals surface area (Å²) < 4.78 is 37.9. The zero-order valence-corrected chi connectivity index (χ0v) is 7.72. The van der Waals surface area contributed by atoms with E-state index in [9.17, 15) is 13.2 Å². The summed E-state index contributed by atoms with van der Waals surface area (Å²) in [6.45, 7) is 0.0535. The second kappa shape index (κ2) is 5.09. The molecule has 1 aromatic carbocycles. The molecule has 1 N–H and O–H groups in total. The maximum absolute atomic E-state index is 12.8. The van der Waals surface area contributed by atoms with Gasteiger partial charge >= 0.3 is 0 Å². The third-order valence-corrected chi connectivity index (χ3v) is 1.46. The lowest BCUT2D eigenvalue weighted by Gasteiger charge is -2.03. The van der Waals surface area contributed by atoms with Crippen molar-refractivity contribution >= 4 is 12.4 Å². The maximum Gasteiger partial charge on any atom is 0.133 e. The van der Waals surface area contributed by atoms with Crippen LogP contribution in [0.4, 0.5) is 13.2 Å². The van der Waals surface area contributed by atoms with Crippen LogP contribution in [0, 0.1) is 17.5 Å². The third kappa shape index (κ3) is 2.90. The van der Waals surface area contributed by atoms with Crippen molar-refractivity contribution in [3.8, 4) is 0 Å². The smallest absolute Gasteiger partial charge is 0.133 e. The van der Waals surface area contributed by atoms with Gasteiger partial charge in [-0.3, -0.25) is 0 Å². The molecule has 1 aromatic rings. The zero-order chi connectivity index (χ0) is 9.14. The van der Waals surface area contributed by atoms with Crippen molar-refractivity contribution in [2.75, 3.05) is 7.05 Å². The Labute approximate surface area is 80.4 Å². The van der Waals surface area contributed by atoms with Crippen molar-refractivity contribution in [3.63, 3.8) is 0 Å². The van der Waals surface area contributed by atoms with Crippen molar-refractivity contribution in [1.29, 1.82) is 0 Å². The van der Waals surface area contributed by atoms with Crippen LogP contribution in [-0.4, -0.2) is 7.05 Å². The summed E-state index contributed by atoms with van der Waals surface area (Å²) in [4.78, 5) is 0. The lowest BCUT2D eigenvalue weighted by molar-refractivity contribution is 0.517. The van der Waals surface area contributed by atoms with E-state index in [0.717, 1.165) is 0 Å². The number of hydrogen-bond acceptors (Lipinski definition) is 1. The molecule has 0 aliphatic rings. The van der Waals surface area contributed by atoms with Gasteiger partial charge in [0.05, 0.1) is 0 Å². The van der Waals surface area contributed by atoms with Gasteiger partial charge in [-0.1, -0.05) is 0 Å². The highest BCUT2D eigenvalue weighted by molar-refractivity contribution is 5.85. The first-order chi connectivity index (χ1) is 5.65. The molecule has 74 valence electrons.